The number of carbonyl (C=O) groups is 1. The van der Waals surface area contributed by atoms with Crippen molar-refractivity contribution in [3.05, 3.63) is 9.66 Å². The highest BCUT2D eigenvalue weighted by Gasteiger charge is 2.43. The number of hydrogen-bond acceptors (Lipinski definition) is 2. The zero-order chi connectivity index (χ0) is 14.0. The van der Waals surface area contributed by atoms with Gasteiger partial charge in [-0.1, -0.05) is 45.1 Å². The summed E-state index contributed by atoms with van der Waals surface area (Å²) in [4.78, 5) is 10.9. The van der Waals surface area contributed by atoms with Gasteiger partial charge in [0.15, 0.2) is 0 Å². The average molecular weight is 374 g/mol. The maximum Gasteiger partial charge on any atom is 0.382 e. The third-order valence-electron chi connectivity index (χ3n) is 2.62. The molecule has 0 bridgehead atoms. The van der Waals surface area contributed by atoms with Crippen LogP contribution in [-0.2, 0) is 9.53 Å². The van der Waals surface area contributed by atoms with Gasteiger partial charge in [0.25, 0.3) is 0 Å². The molecule has 5 heteroatoms. The normalized spacial score (nSPS) is 12.6. The summed E-state index contributed by atoms with van der Waals surface area (Å²) in [6.45, 7) is 2.15. The molecule has 0 aromatic rings. The molecule has 0 rings (SSSR count). The number of allylic oxidation sites excluding steroid dienone is 1. The van der Waals surface area contributed by atoms with Gasteiger partial charge in [0.2, 0.25) is 0 Å². The number of carbonyl (C=O) groups excluding carboxylic acids is 1. The van der Waals surface area contributed by atoms with Gasteiger partial charge in [-0.2, -0.15) is 8.78 Å². The fourth-order valence-electron chi connectivity index (χ4n) is 1.51. The van der Waals surface area contributed by atoms with Gasteiger partial charge in [0, 0.05) is 0 Å². The smallest absolute Gasteiger partial charge is 0.382 e. The van der Waals surface area contributed by atoms with E-state index >= 15 is 0 Å². The van der Waals surface area contributed by atoms with Crippen molar-refractivity contribution < 1.29 is 18.3 Å². The van der Waals surface area contributed by atoms with E-state index in [1.165, 1.54) is 47.9 Å². The summed E-state index contributed by atoms with van der Waals surface area (Å²) in [5.41, 5.74) is 0. The molecule has 106 valence electrons. The highest BCUT2D eigenvalue weighted by Crippen LogP contribution is 2.31. The number of rotatable bonds is 9. The first-order valence-electron chi connectivity index (χ1n) is 6.29. The van der Waals surface area contributed by atoms with E-state index in [4.69, 9.17) is 0 Å². The fourth-order valence-corrected chi connectivity index (χ4v) is 2.04. The van der Waals surface area contributed by atoms with E-state index in [0.717, 1.165) is 26.4 Å². The highest BCUT2D eigenvalue weighted by molar-refractivity contribution is 14.1. The lowest BCUT2D eigenvalue weighted by Gasteiger charge is -2.12. The maximum atomic E-state index is 13.3. The summed E-state index contributed by atoms with van der Waals surface area (Å²) in [6.07, 6.45) is 8.71. The molecule has 0 N–H and O–H groups in total. The molecule has 2 nitrogen and oxygen atoms in total. The lowest BCUT2D eigenvalue weighted by molar-refractivity contribution is -0.162. The third-order valence-corrected chi connectivity index (χ3v) is 3.74. The molecule has 0 radical (unpaired) electrons. The molecule has 0 saturated heterocycles. The maximum absolute atomic E-state index is 13.3. The van der Waals surface area contributed by atoms with Crippen molar-refractivity contribution >= 4 is 28.6 Å². The van der Waals surface area contributed by atoms with E-state index in [1.54, 1.807) is 0 Å². The SMILES string of the molecule is CCCCCCCCC=C(I)C(F)(F)C(=O)OC. The van der Waals surface area contributed by atoms with E-state index in [9.17, 15) is 13.6 Å². The molecule has 0 aromatic carbocycles. The summed E-state index contributed by atoms with van der Waals surface area (Å²) >= 11 is 1.51. The highest BCUT2D eigenvalue weighted by atomic mass is 127. The predicted molar refractivity (Wildman–Crippen MR) is 77.1 cm³/mol. The van der Waals surface area contributed by atoms with Crippen LogP contribution in [-0.4, -0.2) is 19.0 Å². The van der Waals surface area contributed by atoms with Crippen LogP contribution >= 0.6 is 22.6 Å². The van der Waals surface area contributed by atoms with Gasteiger partial charge < -0.3 is 4.74 Å². The predicted octanol–water partition coefficient (Wildman–Crippen LogP) is 4.86. The van der Waals surface area contributed by atoms with E-state index < -0.39 is 11.9 Å². The number of ether oxygens (including phenoxy) is 1. The molecular formula is C13H21F2IO2. The molecule has 0 atom stereocenters. The van der Waals surface area contributed by atoms with Crippen LogP contribution in [0.1, 0.15) is 51.9 Å². The Balaban J connectivity index is 3.93. The molecule has 0 aliphatic heterocycles. The molecule has 0 spiro atoms. The molecule has 0 fully saturated rings. The number of alkyl halides is 2. The first-order chi connectivity index (χ1) is 8.46. The Morgan fingerprint density at radius 3 is 2.33 bits per heavy atom. The van der Waals surface area contributed by atoms with Crippen LogP contribution in [0.25, 0.3) is 0 Å². The van der Waals surface area contributed by atoms with Gasteiger partial charge >= 0.3 is 11.9 Å². The summed E-state index contributed by atoms with van der Waals surface area (Å²) in [5.74, 6) is -5.00. The Morgan fingerprint density at radius 1 is 1.22 bits per heavy atom. The van der Waals surface area contributed by atoms with Gasteiger partial charge in [0.1, 0.15) is 0 Å². The zero-order valence-electron chi connectivity index (χ0n) is 11.0. The van der Waals surface area contributed by atoms with E-state index in [0.29, 0.717) is 6.42 Å². The number of esters is 1. The molecule has 18 heavy (non-hydrogen) atoms. The van der Waals surface area contributed by atoms with E-state index in [1.807, 2.05) is 0 Å². The van der Waals surface area contributed by atoms with Gasteiger partial charge in [-0.3, -0.25) is 0 Å². The molecular weight excluding hydrogens is 353 g/mol. The summed E-state index contributed by atoms with van der Waals surface area (Å²) < 4.78 is 30.5. The first-order valence-corrected chi connectivity index (χ1v) is 7.37. The molecule has 0 unspecified atom stereocenters. The topological polar surface area (TPSA) is 26.3 Å². The van der Waals surface area contributed by atoms with Crippen LogP contribution in [0.4, 0.5) is 8.78 Å². The Bertz CT molecular complexity index is 278. The molecule has 0 amide bonds. The van der Waals surface area contributed by atoms with Gasteiger partial charge in [-0.25, -0.2) is 4.79 Å². The van der Waals surface area contributed by atoms with Crippen molar-refractivity contribution in [3.8, 4) is 0 Å². The fraction of sp³-hybridized carbons (Fsp3) is 0.769. The van der Waals surface area contributed by atoms with Crippen molar-refractivity contribution in [1.29, 1.82) is 0 Å². The monoisotopic (exact) mass is 374 g/mol. The second-order valence-corrected chi connectivity index (χ2v) is 5.34. The van der Waals surface area contributed by atoms with Crippen LogP contribution in [0.5, 0.6) is 0 Å². The van der Waals surface area contributed by atoms with Crippen LogP contribution in [0.15, 0.2) is 9.66 Å². The number of halogens is 3. The molecule has 0 aliphatic rings. The van der Waals surface area contributed by atoms with Crippen molar-refractivity contribution in [2.24, 2.45) is 0 Å². The lowest BCUT2D eigenvalue weighted by atomic mass is 10.1. The third kappa shape index (κ3) is 6.66. The van der Waals surface area contributed by atoms with Crippen LogP contribution < -0.4 is 0 Å². The van der Waals surface area contributed by atoms with Crippen LogP contribution in [0.3, 0.4) is 0 Å². The average Bonchev–Trinajstić information content (AvgIpc) is 2.36. The molecule has 0 aromatic heterocycles. The summed E-state index contributed by atoms with van der Waals surface area (Å²) in [6, 6.07) is 0. The van der Waals surface area contributed by atoms with Crippen molar-refractivity contribution in [3.63, 3.8) is 0 Å². The number of hydrogen-bond donors (Lipinski definition) is 0. The first kappa shape index (κ1) is 17.8. The second kappa shape index (κ2) is 9.69. The quantitative estimate of drug-likeness (QED) is 0.327. The van der Waals surface area contributed by atoms with Gasteiger partial charge in [0.05, 0.1) is 10.7 Å². The van der Waals surface area contributed by atoms with Crippen molar-refractivity contribution in [2.45, 2.75) is 57.8 Å². The standard InChI is InChI=1S/C13H21F2IO2/c1-3-4-5-6-7-8-9-10-11(16)13(14,15)12(17)18-2/h10H,3-9H2,1-2H3. The Kier molecular flexibility index (Phi) is 9.59. The minimum atomic E-state index is -3.50. The summed E-state index contributed by atoms with van der Waals surface area (Å²) in [5, 5.41) is 0. The number of methoxy groups -OCH3 is 1. The zero-order valence-corrected chi connectivity index (χ0v) is 13.1. The number of unbranched alkanes of at least 4 members (excludes halogenated alkanes) is 6. The molecule has 0 aliphatic carbocycles. The van der Waals surface area contributed by atoms with Crippen LogP contribution in [0, 0.1) is 0 Å². The molecule has 0 heterocycles. The van der Waals surface area contributed by atoms with Crippen molar-refractivity contribution in [2.75, 3.05) is 7.11 Å². The second-order valence-electron chi connectivity index (χ2n) is 4.17. The minimum absolute atomic E-state index is 0.250. The Morgan fingerprint density at radius 2 is 1.78 bits per heavy atom. The van der Waals surface area contributed by atoms with Crippen LogP contribution in [0.2, 0.25) is 0 Å². The lowest BCUT2D eigenvalue weighted by Crippen LogP contribution is -2.30. The van der Waals surface area contributed by atoms with E-state index in [2.05, 4.69) is 11.7 Å². The van der Waals surface area contributed by atoms with Crippen molar-refractivity contribution in [1.82, 2.24) is 0 Å². The van der Waals surface area contributed by atoms with Gasteiger partial charge in [-0.15, -0.1) is 0 Å². The Labute approximate surface area is 121 Å². The van der Waals surface area contributed by atoms with Gasteiger partial charge in [-0.05, 0) is 35.4 Å². The van der Waals surface area contributed by atoms with E-state index in [-0.39, 0.29) is 3.58 Å². The largest absolute Gasteiger partial charge is 0.464 e. The summed E-state index contributed by atoms with van der Waals surface area (Å²) in [7, 11) is 0.966. The Hall–Kier alpha value is -0.200. The molecule has 0 saturated carbocycles. The minimum Gasteiger partial charge on any atom is -0.464 e.